The lowest BCUT2D eigenvalue weighted by molar-refractivity contribution is -0.381. The fourth-order valence-corrected chi connectivity index (χ4v) is 1.12. The zero-order valence-electron chi connectivity index (χ0n) is 9.49. The summed E-state index contributed by atoms with van der Waals surface area (Å²) in [5.41, 5.74) is 0. The van der Waals surface area contributed by atoms with Gasteiger partial charge in [0.1, 0.15) is 0 Å². The Morgan fingerprint density at radius 1 is 1.12 bits per heavy atom. The Bertz CT molecular complexity index is 236. The molecule has 6 heteroatoms. The largest absolute Gasteiger partial charge is 0.400 e. The zero-order chi connectivity index (χ0) is 12.0. The van der Waals surface area contributed by atoms with Crippen LogP contribution in [0.15, 0.2) is 0 Å². The molecule has 1 fully saturated rings. The summed E-state index contributed by atoms with van der Waals surface area (Å²) in [6.45, 7) is 3.79. The average molecular weight is 232 g/mol. The van der Waals surface area contributed by atoms with E-state index in [2.05, 4.69) is 0 Å². The first kappa shape index (κ1) is 12.9. The van der Waals surface area contributed by atoms with Crippen molar-refractivity contribution in [3.63, 3.8) is 0 Å². The summed E-state index contributed by atoms with van der Waals surface area (Å²) in [7, 11) is 0. The van der Waals surface area contributed by atoms with Crippen molar-refractivity contribution in [3.8, 4) is 0 Å². The van der Waals surface area contributed by atoms with E-state index >= 15 is 0 Å². The van der Waals surface area contributed by atoms with Gasteiger partial charge in [-0.2, -0.15) is 0 Å². The molecule has 0 aliphatic carbocycles. The van der Waals surface area contributed by atoms with E-state index in [1.54, 1.807) is 13.8 Å². The molecule has 0 saturated carbocycles. The summed E-state index contributed by atoms with van der Waals surface area (Å²) in [5.74, 6) is -2.71. The first-order valence-corrected chi connectivity index (χ1v) is 5.27. The zero-order valence-corrected chi connectivity index (χ0v) is 9.49. The third kappa shape index (κ3) is 3.46. The van der Waals surface area contributed by atoms with E-state index in [-0.39, 0.29) is 26.1 Å². The molecule has 0 atom stereocenters. The maximum absolute atomic E-state index is 11.2. The van der Waals surface area contributed by atoms with E-state index in [1.165, 1.54) is 0 Å². The summed E-state index contributed by atoms with van der Waals surface area (Å²) < 4.78 is 20.2. The minimum absolute atomic E-state index is 0.0928. The van der Waals surface area contributed by atoms with Crippen LogP contribution in [0.25, 0.3) is 0 Å². The highest BCUT2D eigenvalue weighted by molar-refractivity contribution is 5.71. The predicted molar refractivity (Wildman–Crippen MR) is 52.3 cm³/mol. The molecule has 0 unspecified atom stereocenters. The summed E-state index contributed by atoms with van der Waals surface area (Å²) in [6, 6.07) is 0. The molecule has 16 heavy (non-hydrogen) atoms. The fraction of sp³-hybridized carbons (Fsp3) is 0.800. The van der Waals surface area contributed by atoms with Crippen LogP contribution in [0.5, 0.6) is 0 Å². The summed E-state index contributed by atoms with van der Waals surface area (Å²) >= 11 is 0. The van der Waals surface area contributed by atoms with Gasteiger partial charge in [0.2, 0.25) is 0 Å². The van der Waals surface area contributed by atoms with Crippen LogP contribution >= 0.6 is 0 Å². The molecular formula is C10H16O6. The molecule has 0 aromatic rings. The Hall–Kier alpha value is -1.14. The summed E-state index contributed by atoms with van der Waals surface area (Å²) in [4.78, 5) is 22.4. The van der Waals surface area contributed by atoms with Crippen LogP contribution in [-0.4, -0.2) is 37.7 Å². The highest BCUT2D eigenvalue weighted by Crippen LogP contribution is 2.21. The van der Waals surface area contributed by atoms with Gasteiger partial charge < -0.3 is 18.9 Å². The number of esters is 2. The highest BCUT2D eigenvalue weighted by atomic mass is 16.9. The van der Waals surface area contributed by atoms with Gasteiger partial charge in [-0.3, -0.25) is 9.59 Å². The van der Waals surface area contributed by atoms with Crippen LogP contribution in [-0.2, 0) is 28.5 Å². The van der Waals surface area contributed by atoms with Gasteiger partial charge in [0.05, 0.1) is 13.2 Å². The van der Waals surface area contributed by atoms with Gasteiger partial charge in [-0.25, -0.2) is 0 Å². The monoisotopic (exact) mass is 232 g/mol. The molecule has 1 rings (SSSR count). The molecule has 0 radical (unpaired) electrons. The third-order valence-corrected chi connectivity index (χ3v) is 1.94. The normalized spacial score (nSPS) is 18.9. The fourth-order valence-electron chi connectivity index (χ4n) is 1.12. The molecule has 0 bridgehead atoms. The van der Waals surface area contributed by atoms with E-state index in [4.69, 9.17) is 18.9 Å². The molecule has 0 spiro atoms. The molecule has 92 valence electrons. The molecule has 1 heterocycles. The molecule has 6 nitrogen and oxygen atoms in total. The second-order valence-electron chi connectivity index (χ2n) is 3.24. The molecular weight excluding hydrogens is 216 g/mol. The second-order valence-corrected chi connectivity index (χ2v) is 3.24. The van der Waals surface area contributed by atoms with E-state index in [9.17, 15) is 9.59 Å². The second kappa shape index (κ2) is 5.81. The summed E-state index contributed by atoms with van der Waals surface area (Å²) in [6.07, 6.45) is 0.351. The third-order valence-electron chi connectivity index (χ3n) is 1.94. The Morgan fingerprint density at radius 3 is 2.06 bits per heavy atom. The number of hydrogen-bond donors (Lipinski definition) is 0. The van der Waals surface area contributed by atoms with Gasteiger partial charge in [-0.05, 0) is 0 Å². The van der Waals surface area contributed by atoms with E-state index in [0.29, 0.717) is 6.61 Å². The molecule has 1 aliphatic heterocycles. The molecule has 0 aromatic heterocycles. The van der Waals surface area contributed by atoms with Gasteiger partial charge in [0.25, 0.3) is 0 Å². The van der Waals surface area contributed by atoms with Crippen LogP contribution in [0, 0.1) is 0 Å². The van der Waals surface area contributed by atoms with Crippen molar-refractivity contribution in [1.29, 1.82) is 0 Å². The Kier molecular flexibility index (Phi) is 4.70. The minimum atomic E-state index is -1.70. The van der Waals surface area contributed by atoms with Crippen LogP contribution < -0.4 is 0 Å². The number of hydrogen-bond acceptors (Lipinski definition) is 6. The SMILES string of the molecule is CCC(=O)OC1(OC(=O)CC)COCCO1. The van der Waals surface area contributed by atoms with Crippen LogP contribution in [0.2, 0.25) is 0 Å². The van der Waals surface area contributed by atoms with Crippen molar-refractivity contribution >= 4 is 11.9 Å². The maximum Gasteiger partial charge on any atom is 0.400 e. The van der Waals surface area contributed by atoms with Crippen LogP contribution in [0.3, 0.4) is 0 Å². The highest BCUT2D eigenvalue weighted by Gasteiger charge is 2.42. The number of carbonyl (C=O) groups is 2. The van der Waals surface area contributed by atoms with Crippen molar-refractivity contribution < 1.29 is 28.5 Å². The lowest BCUT2D eigenvalue weighted by Crippen LogP contribution is -2.50. The minimum Gasteiger partial charge on any atom is -0.396 e. The van der Waals surface area contributed by atoms with Gasteiger partial charge >= 0.3 is 17.9 Å². The van der Waals surface area contributed by atoms with Crippen molar-refractivity contribution in [2.45, 2.75) is 32.7 Å². The number of carbonyl (C=O) groups excluding carboxylic acids is 2. The maximum atomic E-state index is 11.2. The lowest BCUT2D eigenvalue weighted by atomic mass is 10.4. The number of rotatable bonds is 4. The van der Waals surface area contributed by atoms with Gasteiger partial charge in [0.15, 0.2) is 6.61 Å². The summed E-state index contributed by atoms with van der Waals surface area (Å²) in [5, 5.41) is 0. The van der Waals surface area contributed by atoms with E-state index in [0.717, 1.165) is 0 Å². The van der Waals surface area contributed by atoms with Crippen molar-refractivity contribution in [3.05, 3.63) is 0 Å². The van der Waals surface area contributed by atoms with Gasteiger partial charge in [-0.15, -0.1) is 0 Å². The average Bonchev–Trinajstić information content (AvgIpc) is 2.29. The molecule has 0 aromatic carbocycles. The predicted octanol–water partition coefficient (Wildman–Crippen LogP) is 0.593. The molecule has 1 aliphatic rings. The Labute approximate surface area is 93.8 Å². The van der Waals surface area contributed by atoms with E-state index in [1.807, 2.05) is 0 Å². The molecule has 1 saturated heterocycles. The lowest BCUT2D eigenvalue weighted by Gasteiger charge is -2.34. The topological polar surface area (TPSA) is 71.1 Å². The quantitative estimate of drug-likeness (QED) is 0.522. The first-order valence-electron chi connectivity index (χ1n) is 5.27. The first-order chi connectivity index (χ1) is 7.62. The molecule has 0 N–H and O–H groups in total. The van der Waals surface area contributed by atoms with E-state index < -0.39 is 17.9 Å². The molecule has 0 amide bonds. The standard InChI is InChI=1S/C10H16O6/c1-3-8(11)15-10(16-9(12)4-2)7-13-5-6-14-10/h3-7H2,1-2H3. The van der Waals surface area contributed by atoms with Gasteiger partial charge in [-0.1, -0.05) is 13.8 Å². The van der Waals surface area contributed by atoms with Crippen molar-refractivity contribution in [2.75, 3.05) is 19.8 Å². The van der Waals surface area contributed by atoms with Crippen molar-refractivity contribution in [2.24, 2.45) is 0 Å². The number of ether oxygens (including phenoxy) is 4. The van der Waals surface area contributed by atoms with Gasteiger partial charge in [0, 0.05) is 12.8 Å². The smallest absolute Gasteiger partial charge is 0.396 e. The Balaban J connectivity index is 2.66. The van der Waals surface area contributed by atoms with Crippen molar-refractivity contribution in [1.82, 2.24) is 0 Å². The van der Waals surface area contributed by atoms with Crippen LogP contribution in [0.1, 0.15) is 26.7 Å². The van der Waals surface area contributed by atoms with Crippen LogP contribution in [0.4, 0.5) is 0 Å². The Morgan fingerprint density at radius 2 is 1.69 bits per heavy atom.